The topological polar surface area (TPSA) is 84.0 Å². The van der Waals surface area contributed by atoms with Crippen LogP contribution < -0.4 is 10.2 Å². The number of pyridine rings is 1. The van der Waals surface area contributed by atoms with Crippen molar-refractivity contribution in [1.82, 2.24) is 4.73 Å². The zero-order valence-corrected chi connectivity index (χ0v) is 16.7. The molecule has 2 N–H and O–H groups in total. The molecular weight excluding hydrogens is 380 g/mol. The highest BCUT2D eigenvalue weighted by Crippen LogP contribution is 2.25. The van der Waals surface area contributed by atoms with Gasteiger partial charge in [0.2, 0.25) is 0 Å². The maximum atomic E-state index is 11.3. The van der Waals surface area contributed by atoms with Gasteiger partial charge in [0.05, 0.1) is 13.0 Å². The second-order valence-corrected chi connectivity index (χ2v) is 7.04. The van der Waals surface area contributed by atoms with Gasteiger partial charge in [-0.1, -0.05) is 48.5 Å². The fourth-order valence-corrected chi connectivity index (χ4v) is 3.25. The third-order valence-corrected chi connectivity index (χ3v) is 4.76. The van der Waals surface area contributed by atoms with Crippen molar-refractivity contribution in [2.24, 2.45) is 4.99 Å². The van der Waals surface area contributed by atoms with Crippen LogP contribution in [0.25, 0.3) is 0 Å². The van der Waals surface area contributed by atoms with Crippen LogP contribution in [0.1, 0.15) is 29.9 Å². The highest BCUT2D eigenvalue weighted by Gasteiger charge is 2.16. The van der Waals surface area contributed by atoms with Crippen molar-refractivity contribution < 1.29 is 19.8 Å². The molecule has 0 fully saturated rings. The number of aliphatic carboxylic acids is 1. The lowest BCUT2D eigenvalue weighted by atomic mass is 9.89. The van der Waals surface area contributed by atoms with Crippen LogP contribution in [0.15, 0.2) is 84.0 Å². The predicted octanol–water partition coefficient (Wildman–Crippen LogP) is 3.90. The van der Waals surface area contributed by atoms with Crippen molar-refractivity contribution in [2.75, 3.05) is 13.2 Å². The van der Waals surface area contributed by atoms with Crippen LogP contribution in [0.3, 0.4) is 0 Å². The fraction of sp³-hybridized carbons (Fsp3) is 0.250. The summed E-state index contributed by atoms with van der Waals surface area (Å²) in [6, 6.07) is 22.8. The van der Waals surface area contributed by atoms with Crippen molar-refractivity contribution in [3.63, 3.8) is 0 Å². The molecule has 30 heavy (non-hydrogen) atoms. The Labute approximate surface area is 175 Å². The highest BCUT2D eigenvalue weighted by atomic mass is 16.5. The van der Waals surface area contributed by atoms with Gasteiger partial charge in [-0.3, -0.25) is 9.79 Å². The molecule has 6 heteroatoms. The summed E-state index contributed by atoms with van der Waals surface area (Å²) in [4.78, 5) is 15.6. The quantitative estimate of drug-likeness (QED) is 0.395. The van der Waals surface area contributed by atoms with E-state index in [1.54, 1.807) is 12.1 Å². The van der Waals surface area contributed by atoms with Crippen LogP contribution in [-0.4, -0.2) is 34.2 Å². The molecule has 1 atom stereocenters. The van der Waals surface area contributed by atoms with E-state index in [1.807, 2.05) is 60.7 Å². The molecule has 1 aromatic heterocycles. The molecule has 3 aromatic rings. The van der Waals surface area contributed by atoms with Crippen LogP contribution in [0.5, 0.6) is 5.75 Å². The molecule has 6 nitrogen and oxygen atoms in total. The first kappa shape index (κ1) is 21.2. The molecule has 0 bridgehead atoms. The van der Waals surface area contributed by atoms with E-state index in [2.05, 4.69) is 4.99 Å². The van der Waals surface area contributed by atoms with Gasteiger partial charge in [0.1, 0.15) is 5.75 Å². The number of nitrogens with zero attached hydrogens (tertiary/aromatic N) is 2. The Morgan fingerprint density at radius 2 is 1.73 bits per heavy atom. The van der Waals surface area contributed by atoms with E-state index in [1.165, 1.54) is 6.20 Å². The molecule has 156 valence electrons. The second-order valence-electron chi connectivity index (χ2n) is 7.04. The maximum absolute atomic E-state index is 11.3. The molecule has 1 heterocycles. The number of benzene rings is 2. The van der Waals surface area contributed by atoms with E-state index in [-0.39, 0.29) is 12.3 Å². The lowest BCUT2D eigenvalue weighted by Gasteiger charge is -2.16. The summed E-state index contributed by atoms with van der Waals surface area (Å²) in [5.41, 5.74) is 2.62. The van der Waals surface area contributed by atoms with E-state index >= 15 is 0 Å². The molecule has 0 spiro atoms. The molecular formula is C24H26N2O4. The number of rotatable bonds is 10. The van der Waals surface area contributed by atoms with E-state index < -0.39 is 5.97 Å². The van der Waals surface area contributed by atoms with E-state index in [0.717, 1.165) is 28.0 Å². The summed E-state index contributed by atoms with van der Waals surface area (Å²) in [7, 11) is 0. The minimum atomic E-state index is -0.795. The average Bonchev–Trinajstić information content (AvgIpc) is 2.76. The maximum Gasteiger partial charge on any atom is 0.303 e. The number of hydrogen-bond acceptors (Lipinski definition) is 4. The number of carboxylic acid groups (broad SMARTS) is 1. The van der Waals surface area contributed by atoms with Crippen molar-refractivity contribution in [2.45, 2.75) is 25.2 Å². The molecule has 0 saturated carbocycles. The normalized spacial score (nSPS) is 12.5. The number of ether oxygens (including phenoxy) is 1. The van der Waals surface area contributed by atoms with Gasteiger partial charge in [-0.25, -0.2) is 0 Å². The van der Waals surface area contributed by atoms with Gasteiger partial charge < -0.3 is 15.1 Å². The first-order valence-electron chi connectivity index (χ1n) is 9.98. The van der Waals surface area contributed by atoms with Crippen molar-refractivity contribution in [1.29, 1.82) is 0 Å². The predicted molar refractivity (Wildman–Crippen MR) is 114 cm³/mol. The van der Waals surface area contributed by atoms with Crippen LogP contribution in [0.4, 0.5) is 0 Å². The molecule has 0 amide bonds. The van der Waals surface area contributed by atoms with Crippen molar-refractivity contribution >= 4 is 5.97 Å². The van der Waals surface area contributed by atoms with Gasteiger partial charge in [0.25, 0.3) is 0 Å². The van der Waals surface area contributed by atoms with Crippen LogP contribution in [0.2, 0.25) is 0 Å². The standard InChI is InChI=1S/C24H26N2O4/c27-24(28)18-21(20-7-2-1-3-8-20)17-19-10-12-22(13-11-19)30-16-6-14-25-23-9-4-5-15-26(23)29/h1-5,7-13,15,21,29H,6,14,16-18H2,(H,27,28)/t21-/m1/s1. The van der Waals surface area contributed by atoms with Gasteiger partial charge in [-0.05, 0) is 47.7 Å². The zero-order chi connectivity index (χ0) is 21.2. The summed E-state index contributed by atoms with van der Waals surface area (Å²) >= 11 is 0. The lowest BCUT2D eigenvalue weighted by Crippen LogP contribution is -2.17. The minimum Gasteiger partial charge on any atom is -0.494 e. The van der Waals surface area contributed by atoms with E-state index in [0.29, 0.717) is 25.1 Å². The molecule has 3 rings (SSSR count). The first-order valence-corrected chi connectivity index (χ1v) is 9.98. The largest absolute Gasteiger partial charge is 0.494 e. The Morgan fingerprint density at radius 3 is 2.43 bits per heavy atom. The van der Waals surface area contributed by atoms with Gasteiger partial charge in [-0.15, -0.1) is 0 Å². The van der Waals surface area contributed by atoms with E-state index in [4.69, 9.17) is 4.74 Å². The summed E-state index contributed by atoms with van der Waals surface area (Å²) < 4.78 is 6.75. The van der Waals surface area contributed by atoms with Gasteiger partial charge in [0.15, 0.2) is 5.49 Å². The Balaban J connectivity index is 1.51. The van der Waals surface area contributed by atoms with Gasteiger partial charge in [-0.2, -0.15) is 4.73 Å². The Morgan fingerprint density at radius 1 is 1.00 bits per heavy atom. The first-order chi connectivity index (χ1) is 14.6. The Hall–Kier alpha value is -3.54. The zero-order valence-electron chi connectivity index (χ0n) is 16.7. The monoisotopic (exact) mass is 406 g/mol. The summed E-state index contributed by atoms with van der Waals surface area (Å²) in [5.74, 6) is -0.0917. The number of carboxylic acids is 1. The molecule has 0 aliphatic carbocycles. The molecule has 2 aromatic carbocycles. The summed E-state index contributed by atoms with van der Waals surface area (Å²) in [6.45, 7) is 1.07. The van der Waals surface area contributed by atoms with Gasteiger partial charge in [0, 0.05) is 19.2 Å². The van der Waals surface area contributed by atoms with Gasteiger partial charge >= 0.3 is 5.97 Å². The number of hydrogen-bond donors (Lipinski definition) is 2. The molecule has 0 unspecified atom stereocenters. The fourth-order valence-electron chi connectivity index (χ4n) is 3.25. The second kappa shape index (κ2) is 10.9. The number of carbonyl (C=O) groups is 1. The molecule has 0 aliphatic rings. The molecule has 0 saturated heterocycles. The van der Waals surface area contributed by atoms with Crippen molar-refractivity contribution in [3.05, 3.63) is 95.6 Å². The van der Waals surface area contributed by atoms with E-state index in [9.17, 15) is 15.1 Å². The lowest BCUT2D eigenvalue weighted by molar-refractivity contribution is -0.137. The smallest absolute Gasteiger partial charge is 0.303 e. The third-order valence-electron chi connectivity index (χ3n) is 4.76. The number of aromatic nitrogens is 1. The summed E-state index contributed by atoms with van der Waals surface area (Å²) in [5, 5.41) is 18.9. The average molecular weight is 406 g/mol. The van der Waals surface area contributed by atoms with Crippen LogP contribution in [-0.2, 0) is 11.2 Å². The molecule has 0 radical (unpaired) electrons. The molecule has 0 aliphatic heterocycles. The summed E-state index contributed by atoms with van der Waals surface area (Å²) in [6.07, 6.45) is 3.02. The highest BCUT2D eigenvalue weighted by molar-refractivity contribution is 5.68. The SMILES string of the molecule is O=C(O)C[C@@H](Cc1ccc(OCCCN=c2ccccn2O)cc1)c1ccccc1. The Kier molecular flexibility index (Phi) is 7.66. The van der Waals surface area contributed by atoms with Crippen molar-refractivity contribution in [3.8, 4) is 5.75 Å². The Bertz CT molecular complexity index is 997. The van der Waals surface area contributed by atoms with Crippen LogP contribution >= 0.6 is 0 Å². The minimum absolute atomic E-state index is 0.0654. The van der Waals surface area contributed by atoms with Crippen LogP contribution in [0, 0.1) is 0 Å². The third kappa shape index (κ3) is 6.51.